The topological polar surface area (TPSA) is 71.1 Å². The molecular formula is C11H19N3O2S. The zero-order valence-electron chi connectivity index (χ0n) is 10.0. The molecule has 0 saturated heterocycles. The van der Waals surface area contributed by atoms with E-state index in [-0.39, 0.29) is 5.75 Å². The minimum atomic E-state index is -3.26. The van der Waals surface area contributed by atoms with Crippen LogP contribution in [-0.2, 0) is 10.0 Å². The van der Waals surface area contributed by atoms with E-state index < -0.39 is 10.0 Å². The standard InChI is InChI=1S/C11H19N3O2S/c1-2-12-8-5-6-10-17(15,16)14-11-7-3-4-9-13-11/h3-4,7,9,12H,2,5-6,8,10H2,1H3,(H,13,14). The minimum absolute atomic E-state index is 0.134. The van der Waals surface area contributed by atoms with Gasteiger partial charge in [0.1, 0.15) is 5.82 Å². The molecule has 96 valence electrons. The third kappa shape index (κ3) is 6.23. The van der Waals surface area contributed by atoms with Crippen molar-refractivity contribution in [3.05, 3.63) is 24.4 Å². The lowest BCUT2D eigenvalue weighted by Crippen LogP contribution is -2.19. The summed E-state index contributed by atoms with van der Waals surface area (Å²) < 4.78 is 25.8. The first-order valence-corrected chi connectivity index (χ1v) is 7.41. The molecule has 0 aliphatic heterocycles. The molecule has 0 aromatic carbocycles. The number of anilines is 1. The lowest BCUT2D eigenvalue weighted by molar-refractivity contribution is 0.593. The minimum Gasteiger partial charge on any atom is -0.317 e. The summed E-state index contributed by atoms with van der Waals surface area (Å²) in [7, 11) is -3.26. The first-order valence-electron chi connectivity index (χ1n) is 5.76. The van der Waals surface area contributed by atoms with Crippen molar-refractivity contribution in [2.75, 3.05) is 23.6 Å². The Morgan fingerprint density at radius 1 is 1.29 bits per heavy atom. The predicted octanol–water partition coefficient (Wildman–Crippen LogP) is 1.21. The van der Waals surface area contributed by atoms with Crippen LogP contribution in [0.3, 0.4) is 0 Å². The van der Waals surface area contributed by atoms with Gasteiger partial charge in [0.25, 0.3) is 0 Å². The van der Waals surface area contributed by atoms with Crippen LogP contribution >= 0.6 is 0 Å². The number of hydrogen-bond acceptors (Lipinski definition) is 4. The SMILES string of the molecule is CCNCCCCS(=O)(=O)Nc1ccccn1. The molecule has 0 amide bonds. The van der Waals surface area contributed by atoms with Crippen LogP contribution in [0.15, 0.2) is 24.4 Å². The Labute approximate surface area is 103 Å². The van der Waals surface area contributed by atoms with E-state index in [0.29, 0.717) is 12.2 Å². The van der Waals surface area contributed by atoms with Crippen LogP contribution in [0.1, 0.15) is 19.8 Å². The van der Waals surface area contributed by atoms with Gasteiger partial charge in [0.2, 0.25) is 10.0 Å². The smallest absolute Gasteiger partial charge is 0.233 e. The Hall–Kier alpha value is -1.14. The van der Waals surface area contributed by atoms with Crippen molar-refractivity contribution in [1.82, 2.24) is 10.3 Å². The van der Waals surface area contributed by atoms with E-state index in [9.17, 15) is 8.42 Å². The molecule has 5 nitrogen and oxygen atoms in total. The van der Waals surface area contributed by atoms with Gasteiger partial charge in [0.15, 0.2) is 0 Å². The number of pyridine rings is 1. The van der Waals surface area contributed by atoms with E-state index in [1.807, 2.05) is 6.92 Å². The number of nitrogens with zero attached hydrogens (tertiary/aromatic N) is 1. The highest BCUT2D eigenvalue weighted by molar-refractivity contribution is 7.92. The maximum absolute atomic E-state index is 11.7. The van der Waals surface area contributed by atoms with Gasteiger partial charge in [0.05, 0.1) is 5.75 Å². The summed E-state index contributed by atoms with van der Waals surface area (Å²) in [5, 5.41) is 3.16. The number of nitrogens with one attached hydrogen (secondary N) is 2. The molecule has 0 atom stereocenters. The highest BCUT2D eigenvalue weighted by Crippen LogP contribution is 2.05. The summed E-state index contributed by atoms with van der Waals surface area (Å²) in [4.78, 5) is 3.92. The van der Waals surface area contributed by atoms with Crippen molar-refractivity contribution < 1.29 is 8.42 Å². The molecule has 0 bridgehead atoms. The molecule has 0 unspecified atom stereocenters. The molecule has 17 heavy (non-hydrogen) atoms. The van der Waals surface area contributed by atoms with Gasteiger partial charge in [-0.15, -0.1) is 0 Å². The summed E-state index contributed by atoms with van der Waals surface area (Å²) in [6.45, 7) is 3.80. The van der Waals surface area contributed by atoms with Gasteiger partial charge in [-0.05, 0) is 38.1 Å². The molecule has 0 fully saturated rings. The first-order chi connectivity index (χ1) is 8.14. The molecule has 0 saturated carbocycles. The van der Waals surface area contributed by atoms with Gasteiger partial charge >= 0.3 is 0 Å². The Morgan fingerprint density at radius 3 is 2.76 bits per heavy atom. The molecule has 1 heterocycles. The van der Waals surface area contributed by atoms with Crippen molar-refractivity contribution in [2.24, 2.45) is 0 Å². The van der Waals surface area contributed by atoms with Crippen LogP contribution < -0.4 is 10.0 Å². The molecule has 2 N–H and O–H groups in total. The lowest BCUT2D eigenvalue weighted by Gasteiger charge is -2.06. The highest BCUT2D eigenvalue weighted by Gasteiger charge is 2.09. The van der Waals surface area contributed by atoms with Crippen molar-refractivity contribution in [3.63, 3.8) is 0 Å². The number of unbranched alkanes of at least 4 members (excludes halogenated alkanes) is 1. The molecule has 1 rings (SSSR count). The Balaban J connectivity index is 2.32. The normalized spacial score (nSPS) is 11.4. The van der Waals surface area contributed by atoms with Crippen molar-refractivity contribution in [2.45, 2.75) is 19.8 Å². The van der Waals surface area contributed by atoms with Crippen LogP contribution in [0.5, 0.6) is 0 Å². The maximum atomic E-state index is 11.7. The first kappa shape index (κ1) is 13.9. The van der Waals surface area contributed by atoms with Crippen molar-refractivity contribution >= 4 is 15.8 Å². The third-order valence-corrected chi connectivity index (χ3v) is 3.54. The molecule has 0 aliphatic rings. The van der Waals surface area contributed by atoms with E-state index in [1.165, 1.54) is 0 Å². The van der Waals surface area contributed by atoms with Gasteiger partial charge in [0, 0.05) is 6.20 Å². The number of aromatic nitrogens is 1. The average Bonchev–Trinajstić information content (AvgIpc) is 2.29. The zero-order chi connectivity index (χ0) is 12.6. The number of rotatable bonds is 8. The number of hydrogen-bond donors (Lipinski definition) is 2. The van der Waals surface area contributed by atoms with Gasteiger partial charge in [-0.3, -0.25) is 4.72 Å². The Kier molecular flexibility index (Phi) is 5.93. The summed E-state index contributed by atoms with van der Waals surface area (Å²) in [6, 6.07) is 5.13. The average molecular weight is 257 g/mol. The molecule has 1 aromatic heterocycles. The van der Waals surface area contributed by atoms with E-state index in [2.05, 4.69) is 15.0 Å². The quantitative estimate of drug-likeness (QED) is 0.687. The van der Waals surface area contributed by atoms with Crippen LogP contribution in [0, 0.1) is 0 Å². The number of sulfonamides is 1. The zero-order valence-corrected chi connectivity index (χ0v) is 10.8. The van der Waals surface area contributed by atoms with Gasteiger partial charge in [-0.25, -0.2) is 13.4 Å². The van der Waals surface area contributed by atoms with Crippen LogP contribution in [0.25, 0.3) is 0 Å². The molecule has 1 aromatic rings. The predicted molar refractivity (Wildman–Crippen MR) is 69.4 cm³/mol. The fourth-order valence-electron chi connectivity index (χ4n) is 1.35. The van der Waals surface area contributed by atoms with Gasteiger partial charge < -0.3 is 5.32 Å². The van der Waals surface area contributed by atoms with Crippen LogP contribution in [0.2, 0.25) is 0 Å². The summed E-state index contributed by atoms with van der Waals surface area (Å²) >= 11 is 0. The Morgan fingerprint density at radius 2 is 2.12 bits per heavy atom. The molecular weight excluding hydrogens is 238 g/mol. The molecule has 0 spiro atoms. The summed E-state index contributed by atoms with van der Waals surface area (Å²) in [5.41, 5.74) is 0. The van der Waals surface area contributed by atoms with E-state index in [0.717, 1.165) is 19.5 Å². The fraction of sp³-hybridized carbons (Fsp3) is 0.545. The maximum Gasteiger partial charge on any atom is 0.233 e. The Bertz CT molecular complexity index is 406. The highest BCUT2D eigenvalue weighted by atomic mass is 32.2. The second-order valence-electron chi connectivity index (χ2n) is 3.70. The van der Waals surface area contributed by atoms with Crippen molar-refractivity contribution in [1.29, 1.82) is 0 Å². The third-order valence-electron chi connectivity index (χ3n) is 2.19. The molecule has 0 radical (unpaired) electrons. The van der Waals surface area contributed by atoms with Crippen LogP contribution in [0.4, 0.5) is 5.82 Å². The van der Waals surface area contributed by atoms with E-state index in [1.54, 1.807) is 24.4 Å². The molecule has 0 aliphatic carbocycles. The van der Waals surface area contributed by atoms with Crippen LogP contribution in [-0.4, -0.2) is 32.2 Å². The second-order valence-corrected chi connectivity index (χ2v) is 5.54. The van der Waals surface area contributed by atoms with E-state index >= 15 is 0 Å². The summed E-state index contributed by atoms with van der Waals surface area (Å²) in [6.07, 6.45) is 3.06. The summed E-state index contributed by atoms with van der Waals surface area (Å²) in [5.74, 6) is 0.508. The van der Waals surface area contributed by atoms with Crippen molar-refractivity contribution in [3.8, 4) is 0 Å². The largest absolute Gasteiger partial charge is 0.317 e. The fourth-order valence-corrected chi connectivity index (χ4v) is 2.48. The van der Waals surface area contributed by atoms with Gasteiger partial charge in [-0.1, -0.05) is 13.0 Å². The molecule has 6 heteroatoms. The second kappa shape index (κ2) is 7.24. The van der Waals surface area contributed by atoms with E-state index in [4.69, 9.17) is 0 Å². The lowest BCUT2D eigenvalue weighted by atomic mass is 10.3. The van der Waals surface area contributed by atoms with Gasteiger partial charge in [-0.2, -0.15) is 0 Å². The monoisotopic (exact) mass is 257 g/mol.